The third-order valence-electron chi connectivity index (χ3n) is 1.95. The average molecular weight is 413 g/mol. The van der Waals surface area contributed by atoms with E-state index < -0.39 is 12.0 Å². The van der Waals surface area contributed by atoms with Gasteiger partial charge in [-0.05, 0) is 18.4 Å². The van der Waals surface area contributed by atoms with Crippen molar-refractivity contribution in [3.8, 4) is 0 Å². The minimum atomic E-state index is -0.611. The first kappa shape index (κ1) is 19.8. The second kappa shape index (κ2) is 10.4. The van der Waals surface area contributed by atoms with Gasteiger partial charge >= 0.3 is 5.97 Å². The van der Waals surface area contributed by atoms with Crippen molar-refractivity contribution in [3.05, 3.63) is 42.8 Å². The van der Waals surface area contributed by atoms with Gasteiger partial charge in [0.05, 0.1) is 19.6 Å². The van der Waals surface area contributed by atoms with Crippen LogP contribution in [0.15, 0.2) is 35.3 Å². The third kappa shape index (κ3) is 7.06. The van der Waals surface area contributed by atoms with E-state index in [2.05, 4.69) is 16.7 Å². The molecule has 18 heavy (non-hydrogen) atoms. The normalized spacial score (nSPS) is 11.8. The molecule has 0 aliphatic heterocycles. The summed E-state index contributed by atoms with van der Waals surface area (Å²) < 4.78 is 4.46. The molecule has 0 bridgehead atoms. The van der Waals surface area contributed by atoms with Crippen molar-refractivity contribution < 1.29 is 34.1 Å². The number of halogens is 1. The summed E-state index contributed by atoms with van der Waals surface area (Å²) in [5.41, 5.74) is 0.487. The van der Waals surface area contributed by atoms with E-state index in [1.54, 1.807) is 24.3 Å². The molecule has 0 fully saturated rings. The standard InChI is InChI=1S/C12H14NO3.HI.Zn/c1-9(8-11(14)16-2)13-12(15)10-6-4-3-5-7-10;;/h3-7,9H,1,8H2,2H3,(H,13,15);1H;/p-1/t9-;;/m1../s1. The Morgan fingerprint density at radius 1 is 1.44 bits per heavy atom. The van der Waals surface area contributed by atoms with Gasteiger partial charge in [-0.2, -0.15) is 0 Å². The van der Waals surface area contributed by atoms with Gasteiger partial charge in [0.1, 0.15) is 0 Å². The second-order valence-corrected chi connectivity index (χ2v) is 3.23. The fourth-order valence-corrected chi connectivity index (χ4v) is 1.14. The monoisotopic (exact) mass is 411 g/mol. The number of ether oxygens (including phenoxy) is 1. The number of aliphatic imine (C=N–C) groups is 1. The Kier molecular flexibility index (Phi) is 11.5. The molecule has 0 heterocycles. The summed E-state index contributed by atoms with van der Waals surface area (Å²) in [4.78, 5) is 14.7. The first-order chi connectivity index (χ1) is 7.63. The summed E-state index contributed by atoms with van der Waals surface area (Å²) in [6.07, 6.45) is 0.00900. The van der Waals surface area contributed by atoms with Crippen molar-refractivity contribution in [2.24, 2.45) is 4.99 Å². The minimum Gasteiger partial charge on any atom is -0.858 e. The van der Waals surface area contributed by atoms with E-state index in [1.165, 1.54) is 7.11 Å². The van der Waals surface area contributed by atoms with Crippen molar-refractivity contribution >= 4 is 35.8 Å². The van der Waals surface area contributed by atoms with Crippen LogP contribution in [0.5, 0.6) is 0 Å². The molecule has 0 aliphatic rings. The van der Waals surface area contributed by atoms with Gasteiger partial charge in [-0.15, -0.1) is 24.0 Å². The first-order valence-electron chi connectivity index (χ1n) is 4.83. The van der Waals surface area contributed by atoms with Crippen LogP contribution in [0.25, 0.3) is 0 Å². The number of hydrogen-bond donors (Lipinski definition) is 0. The number of esters is 1. The number of benzene rings is 1. The molecule has 1 rings (SSSR count). The Labute approximate surface area is 137 Å². The van der Waals surface area contributed by atoms with Crippen LogP contribution < -0.4 is 5.11 Å². The Bertz CT molecular complexity index is 384. The van der Waals surface area contributed by atoms with Gasteiger partial charge in [0.25, 0.3) is 0 Å². The quantitative estimate of drug-likeness (QED) is 0.245. The molecular weight excluding hydrogens is 398 g/mol. The Hall–Kier alpha value is -0.487. The van der Waals surface area contributed by atoms with Crippen LogP contribution in [0.2, 0.25) is 0 Å². The van der Waals surface area contributed by atoms with Crippen LogP contribution in [0.3, 0.4) is 0 Å². The fraction of sp³-hybridized carbons (Fsp3) is 0.250. The summed E-state index contributed by atoms with van der Waals surface area (Å²) >= 11 is 0. The van der Waals surface area contributed by atoms with E-state index in [0.29, 0.717) is 5.56 Å². The van der Waals surface area contributed by atoms with E-state index in [1.807, 2.05) is 6.07 Å². The van der Waals surface area contributed by atoms with E-state index in [-0.39, 0.29) is 55.8 Å². The van der Waals surface area contributed by atoms with Crippen molar-refractivity contribution in [1.82, 2.24) is 0 Å². The summed E-state index contributed by atoms with van der Waals surface area (Å²) in [5, 5.41) is 11.6. The third-order valence-corrected chi connectivity index (χ3v) is 1.95. The Morgan fingerprint density at radius 3 is 2.50 bits per heavy atom. The molecule has 0 aliphatic carbocycles. The molecule has 0 unspecified atom stereocenters. The van der Waals surface area contributed by atoms with Gasteiger partial charge in [-0.3, -0.25) is 9.79 Å². The number of carbonyl (C=O) groups is 1. The molecule has 0 saturated carbocycles. The van der Waals surface area contributed by atoms with E-state index in [4.69, 9.17) is 0 Å². The number of rotatable bonds is 4. The van der Waals surface area contributed by atoms with Crippen LogP contribution in [0.1, 0.15) is 12.0 Å². The zero-order valence-corrected chi connectivity index (χ0v) is 15.5. The second-order valence-electron chi connectivity index (χ2n) is 3.23. The number of carbonyl (C=O) groups excluding carboxylic acids is 1. The van der Waals surface area contributed by atoms with E-state index in [9.17, 15) is 9.90 Å². The fourth-order valence-electron chi connectivity index (χ4n) is 1.14. The molecule has 1 radical (unpaired) electrons. The smallest absolute Gasteiger partial charge is 0.307 e. The van der Waals surface area contributed by atoms with Gasteiger partial charge in [0, 0.05) is 19.5 Å². The van der Waals surface area contributed by atoms with Crippen LogP contribution in [0.4, 0.5) is 0 Å². The van der Waals surface area contributed by atoms with Crippen molar-refractivity contribution in [1.29, 1.82) is 0 Å². The van der Waals surface area contributed by atoms with Gasteiger partial charge in [-0.1, -0.05) is 30.3 Å². The molecule has 95 valence electrons. The van der Waals surface area contributed by atoms with Crippen molar-refractivity contribution in [2.45, 2.75) is 12.5 Å². The maximum atomic E-state index is 11.6. The van der Waals surface area contributed by atoms with E-state index >= 15 is 0 Å². The van der Waals surface area contributed by atoms with Crippen molar-refractivity contribution in [3.63, 3.8) is 0 Å². The topological polar surface area (TPSA) is 61.7 Å². The van der Waals surface area contributed by atoms with Crippen LogP contribution in [-0.2, 0) is 29.0 Å². The predicted molar refractivity (Wildman–Crippen MR) is 74.2 cm³/mol. The Morgan fingerprint density at radius 2 is 2.00 bits per heavy atom. The molecule has 0 aromatic heterocycles. The maximum Gasteiger partial charge on any atom is 0.307 e. The van der Waals surface area contributed by atoms with Crippen LogP contribution >= 0.6 is 24.0 Å². The number of hydrogen-bond acceptors (Lipinski definition) is 4. The molecular formula is C12H14INO3Zn-. The molecule has 1 aromatic carbocycles. The molecule has 0 amide bonds. The van der Waals surface area contributed by atoms with Gasteiger partial charge in [-0.25, -0.2) is 0 Å². The summed E-state index contributed by atoms with van der Waals surface area (Å²) in [5.74, 6) is -0.797. The summed E-state index contributed by atoms with van der Waals surface area (Å²) in [6, 6.07) is 8.03. The van der Waals surface area contributed by atoms with Gasteiger partial charge in [0.15, 0.2) is 0 Å². The molecule has 0 N–H and O–H groups in total. The first-order valence-corrected chi connectivity index (χ1v) is 4.83. The SMILES string of the molecule is I.[CH2][C@H](CC(=O)OC)N=C([O-])c1ccccc1.[Zn]. The zero-order chi connectivity index (χ0) is 12.0. The zero-order valence-electron chi connectivity index (χ0n) is 10.2. The summed E-state index contributed by atoms with van der Waals surface area (Å²) in [6.45, 7) is 3.60. The molecule has 0 spiro atoms. The molecule has 1 atom stereocenters. The number of methoxy groups -OCH3 is 1. The number of nitrogens with zero attached hydrogens (tertiary/aromatic N) is 1. The maximum absolute atomic E-state index is 11.6. The van der Waals surface area contributed by atoms with Crippen LogP contribution in [-0.4, -0.2) is 25.0 Å². The largest absolute Gasteiger partial charge is 0.858 e. The predicted octanol–water partition coefficient (Wildman–Crippen LogP) is 1.17. The molecule has 4 nitrogen and oxygen atoms in total. The molecule has 1 aromatic rings. The van der Waals surface area contributed by atoms with Gasteiger partial charge in [0.2, 0.25) is 0 Å². The molecule has 0 saturated heterocycles. The summed E-state index contributed by atoms with van der Waals surface area (Å²) in [7, 11) is 1.29. The van der Waals surface area contributed by atoms with Gasteiger partial charge < -0.3 is 9.84 Å². The minimum absolute atomic E-state index is 0. The van der Waals surface area contributed by atoms with Crippen molar-refractivity contribution in [2.75, 3.05) is 7.11 Å². The van der Waals surface area contributed by atoms with Crippen LogP contribution in [0, 0.1) is 6.92 Å². The average Bonchev–Trinajstić information content (AvgIpc) is 2.29. The van der Waals surface area contributed by atoms with E-state index in [0.717, 1.165) is 0 Å². The Balaban J connectivity index is 0. The molecule has 6 heteroatoms.